The van der Waals surface area contributed by atoms with E-state index < -0.39 is 0 Å². The lowest BCUT2D eigenvalue weighted by Crippen LogP contribution is -2.06. The Hall–Kier alpha value is -0.820. The molecule has 1 aliphatic heterocycles. The lowest BCUT2D eigenvalue weighted by molar-refractivity contribution is 0.633. The van der Waals surface area contributed by atoms with Crippen LogP contribution >= 0.6 is 0 Å². The number of hydrogen-bond acceptors (Lipinski definition) is 1. The molecule has 0 spiro atoms. The minimum Gasteiger partial charge on any atom is -0.306 e. The fraction of sp³-hybridized carbons (Fsp3) is 0.400. The zero-order chi connectivity index (χ0) is 7.84. The van der Waals surface area contributed by atoms with Gasteiger partial charge in [-0.15, -0.1) is 0 Å². The molecule has 0 fully saturated rings. The topological polar surface area (TPSA) is 12.0 Å². The smallest absolute Gasteiger partial charge is 0.0298 e. The van der Waals surface area contributed by atoms with Gasteiger partial charge in [0.15, 0.2) is 0 Å². The highest BCUT2D eigenvalue weighted by molar-refractivity contribution is 5.36. The maximum absolute atomic E-state index is 3.41. The maximum Gasteiger partial charge on any atom is 0.0298 e. The van der Waals surface area contributed by atoms with E-state index in [2.05, 4.69) is 37.4 Å². The molecule has 1 heterocycles. The quantitative estimate of drug-likeness (QED) is 0.593. The van der Waals surface area contributed by atoms with Crippen molar-refractivity contribution in [2.45, 2.75) is 26.4 Å². The van der Waals surface area contributed by atoms with Crippen LogP contribution in [0.5, 0.6) is 0 Å². The van der Waals surface area contributed by atoms with E-state index in [4.69, 9.17) is 0 Å². The Morgan fingerprint density at radius 2 is 2.27 bits per heavy atom. The predicted octanol–water partition coefficient (Wildman–Crippen LogP) is 2.16. The first-order valence-electron chi connectivity index (χ1n) is 4.10. The molecule has 11 heavy (non-hydrogen) atoms. The normalized spacial score (nSPS) is 21.8. The summed E-state index contributed by atoms with van der Waals surface area (Å²) in [5.74, 6) is 0. The fourth-order valence-corrected chi connectivity index (χ4v) is 1.68. The van der Waals surface area contributed by atoms with Gasteiger partial charge in [-0.1, -0.05) is 23.8 Å². The molecule has 1 aromatic carbocycles. The van der Waals surface area contributed by atoms with Crippen molar-refractivity contribution in [2.75, 3.05) is 0 Å². The molecule has 1 heteroatoms. The standard InChI is InChI=1S/C10H13N/c1-7-3-4-10-8(2)11-6-9(10)5-7/h3-5,8,11H,6H2,1-2H3/t8-/m1/s1. The first kappa shape index (κ1) is 6.86. The third-order valence-corrected chi connectivity index (χ3v) is 2.36. The van der Waals surface area contributed by atoms with E-state index in [0.717, 1.165) is 6.54 Å². The highest BCUT2D eigenvalue weighted by atomic mass is 14.9. The number of aryl methyl sites for hydroxylation is 1. The van der Waals surface area contributed by atoms with Crippen molar-refractivity contribution < 1.29 is 0 Å². The van der Waals surface area contributed by atoms with Gasteiger partial charge in [-0.2, -0.15) is 0 Å². The molecular weight excluding hydrogens is 134 g/mol. The molecule has 0 saturated heterocycles. The van der Waals surface area contributed by atoms with Gasteiger partial charge in [-0.3, -0.25) is 0 Å². The summed E-state index contributed by atoms with van der Waals surface area (Å²) in [4.78, 5) is 0. The van der Waals surface area contributed by atoms with Crippen LogP contribution in [-0.4, -0.2) is 0 Å². The van der Waals surface area contributed by atoms with Gasteiger partial charge in [0.05, 0.1) is 0 Å². The third kappa shape index (κ3) is 1.05. The zero-order valence-corrected chi connectivity index (χ0v) is 7.02. The average molecular weight is 147 g/mol. The lowest BCUT2D eigenvalue weighted by atomic mass is 10.0. The molecule has 1 aliphatic rings. The predicted molar refractivity (Wildman–Crippen MR) is 46.4 cm³/mol. The Labute approximate surface area is 67.4 Å². The van der Waals surface area contributed by atoms with Crippen LogP contribution in [0, 0.1) is 6.92 Å². The van der Waals surface area contributed by atoms with Crippen LogP contribution in [0.3, 0.4) is 0 Å². The van der Waals surface area contributed by atoms with Crippen molar-refractivity contribution in [3.63, 3.8) is 0 Å². The van der Waals surface area contributed by atoms with Crippen LogP contribution in [-0.2, 0) is 6.54 Å². The van der Waals surface area contributed by atoms with Crippen molar-refractivity contribution in [3.05, 3.63) is 34.9 Å². The monoisotopic (exact) mass is 147 g/mol. The summed E-state index contributed by atoms with van der Waals surface area (Å²) in [5, 5.41) is 3.41. The van der Waals surface area contributed by atoms with Gasteiger partial charge in [-0.05, 0) is 25.0 Å². The summed E-state index contributed by atoms with van der Waals surface area (Å²) < 4.78 is 0. The highest BCUT2D eigenvalue weighted by Gasteiger charge is 2.16. The van der Waals surface area contributed by atoms with Crippen LogP contribution in [0.2, 0.25) is 0 Å². The zero-order valence-electron chi connectivity index (χ0n) is 7.02. The Morgan fingerprint density at radius 1 is 1.45 bits per heavy atom. The van der Waals surface area contributed by atoms with E-state index in [1.54, 1.807) is 0 Å². The fourth-order valence-electron chi connectivity index (χ4n) is 1.68. The van der Waals surface area contributed by atoms with Gasteiger partial charge in [-0.25, -0.2) is 0 Å². The van der Waals surface area contributed by atoms with Crippen LogP contribution in [0.25, 0.3) is 0 Å². The molecule has 0 radical (unpaired) electrons. The van der Waals surface area contributed by atoms with Gasteiger partial charge in [0.1, 0.15) is 0 Å². The molecular formula is C10H13N. The third-order valence-electron chi connectivity index (χ3n) is 2.36. The lowest BCUT2D eigenvalue weighted by Gasteiger charge is -2.03. The molecule has 0 amide bonds. The number of benzene rings is 1. The van der Waals surface area contributed by atoms with Crippen molar-refractivity contribution >= 4 is 0 Å². The van der Waals surface area contributed by atoms with Gasteiger partial charge in [0.25, 0.3) is 0 Å². The minimum atomic E-state index is 0.547. The van der Waals surface area contributed by atoms with E-state index in [-0.39, 0.29) is 0 Å². The van der Waals surface area contributed by atoms with Crippen LogP contribution in [0.1, 0.15) is 29.7 Å². The number of rotatable bonds is 0. The van der Waals surface area contributed by atoms with Crippen molar-refractivity contribution in [1.29, 1.82) is 0 Å². The molecule has 1 nitrogen and oxygen atoms in total. The molecule has 1 atom stereocenters. The van der Waals surface area contributed by atoms with Crippen molar-refractivity contribution in [3.8, 4) is 0 Å². The molecule has 0 unspecified atom stereocenters. The number of nitrogens with one attached hydrogen (secondary N) is 1. The Bertz CT molecular complexity index is 278. The first-order valence-corrected chi connectivity index (χ1v) is 4.10. The second-order valence-corrected chi connectivity index (χ2v) is 3.30. The second kappa shape index (κ2) is 2.35. The highest BCUT2D eigenvalue weighted by Crippen LogP contribution is 2.24. The number of fused-ring (bicyclic) bond motifs is 1. The maximum atomic E-state index is 3.41. The van der Waals surface area contributed by atoms with E-state index >= 15 is 0 Å². The van der Waals surface area contributed by atoms with Gasteiger partial charge in [0.2, 0.25) is 0 Å². The SMILES string of the molecule is Cc1ccc2c(c1)CN[C@@H]2C. The van der Waals surface area contributed by atoms with Crippen LogP contribution in [0.15, 0.2) is 18.2 Å². The number of hydrogen-bond donors (Lipinski definition) is 1. The summed E-state index contributed by atoms with van der Waals surface area (Å²) in [6.07, 6.45) is 0. The van der Waals surface area contributed by atoms with Gasteiger partial charge < -0.3 is 5.32 Å². The summed E-state index contributed by atoms with van der Waals surface area (Å²) in [6, 6.07) is 7.23. The summed E-state index contributed by atoms with van der Waals surface area (Å²) in [7, 11) is 0. The Morgan fingerprint density at radius 3 is 3.09 bits per heavy atom. The molecule has 0 aromatic heterocycles. The Kier molecular flexibility index (Phi) is 1.46. The van der Waals surface area contributed by atoms with E-state index in [9.17, 15) is 0 Å². The van der Waals surface area contributed by atoms with Gasteiger partial charge >= 0.3 is 0 Å². The van der Waals surface area contributed by atoms with Crippen molar-refractivity contribution in [1.82, 2.24) is 5.32 Å². The average Bonchev–Trinajstić information content (AvgIpc) is 2.32. The first-order chi connectivity index (χ1) is 5.27. The molecule has 0 aliphatic carbocycles. The second-order valence-electron chi connectivity index (χ2n) is 3.30. The van der Waals surface area contributed by atoms with E-state index in [0.29, 0.717) is 6.04 Å². The molecule has 0 bridgehead atoms. The van der Waals surface area contributed by atoms with E-state index in [1.807, 2.05) is 0 Å². The van der Waals surface area contributed by atoms with Gasteiger partial charge in [0, 0.05) is 12.6 Å². The molecule has 1 aromatic rings. The molecule has 58 valence electrons. The molecule has 0 saturated carbocycles. The van der Waals surface area contributed by atoms with E-state index in [1.165, 1.54) is 16.7 Å². The Balaban J connectivity index is 2.50. The summed E-state index contributed by atoms with van der Waals surface area (Å²) >= 11 is 0. The molecule has 1 N–H and O–H groups in total. The largest absolute Gasteiger partial charge is 0.306 e. The summed E-state index contributed by atoms with van der Waals surface area (Å²) in [6.45, 7) is 5.39. The summed E-state index contributed by atoms with van der Waals surface area (Å²) in [5.41, 5.74) is 4.30. The molecule has 2 rings (SSSR count). The minimum absolute atomic E-state index is 0.547. The van der Waals surface area contributed by atoms with Crippen LogP contribution in [0.4, 0.5) is 0 Å². The van der Waals surface area contributed by atoms with Crippen LogP contribution < -0.4 is 5.32 Å². The van der Waals surface area contributed by atoms with Crippen molar-refractivity contribution in [2.24, 2.45) is 0 Å².